The number of halogens is 1. The van der Waals surface area contributed by atoms with Crippen LogP contribution in [0.25, 0.3) is 11.1 Å². The van der Waals surface area contributed by atoms with E-state index < -0.39 is 0 Å². The SMILES string of the molecule is COc1c2cc(-c3ccc(C(C)CN4CCN(c5cccc(Cl)c5C)CC4)cc3)c(c1OC)OCO2. The van der Waals surface area contributed by atoms with Crippen molar-refractivity contribution in [2.45, 2.75) is 19.8 Å². The molecule has 3 aliphatic heterocycles. The molecular weight excluding hydrogens is 476 g/mol. The van der Waals surface area contributed by atoms with Gasteiger partial charge in [0, 0.05) is 49.0 Å². The molecule has 0 radical (unpaired) electrons. The maximum absolute atomic E-state index is 6.34. The Morgan fingerprint density at radius 3 is 2.36 bits per heavy atom. The van der Waals surface area contributed by atoms with Gasteiger partial charge in [0.2, 0.25) is 18.3 Å². The lowest BCUT2D eigenvalue weighted by Crippen LogP contribution is -2.47. The highest BCUT2D eigenvalue weighted by molar-refractivity contribution is 6.31. The minimum atomic E-state index is 0.129. The van der Waals surface area contributed by atoms with E-state index >= 15 is 0 Å². The number of methoxy groups -OCH3 is 2. The lowest BCUT2D eigenvalue weighted by Gasteiger charge is -2.38. The van der Waals surface area contributed by atoms with Gasteiger partial charge < -0.3 is 23.8 Å². The summed E-state index contributed by atoms with van der Waals surface area (Å²) in [6, 6.07) is 16.9. The van der Waals surface area contributed by atoms with Gasteiger partial charge >= 0.3 is 0 Å². The quantitative estimate of drug-likeness (QED) is 0.391. The standard InChI is InChI=1S/C29H33ClN2O4/c1-19(17-31-12-14-32(15-13-31)25-7-5-6-24(30)20(25)2)21-8-10-22(11-9-21)23-16-26-28(33-3)29(34-4)27(23)36-18-35-26/h5-11,16,19H,12-15,17-18H2,1-4H3. The molecule has 0 saturated carbocycles. The predicted octanol–water partition coefficient (Wildman–Crippen LogP) is 5.99. The van der Waals surface area contributed by atoms with E-state index in [1.807, 2.05) is 18.2 Å². The minimum absolute atomic E-state index is 0.129. The van der Waals surface area contributed by atoms with Crippen LogP contribution in [-0.2, 0) is 0 Å². The van der Waals surface area contributed by atoms with Crippen molar-refractivity contribution in [1.82, 2.24) is 4.90 Å². The highest BCUT2D eigenvalue weighted by atomic mass is 35.5. The van der Waals surface area contributed by atoms with Crippen molar-refractivity contribution in [2.24, 2.45) is 0 Å². The van der Waals surface area contributed by atoms with Crippen molar-refractivity contribution >= 4 is 17.3 Å². The summed E-state index contributed by atoms with van der Waals surface area (Å²) in [6.07, 6.45) is 0. The Kier molecular flexibility index (Phi) is 7.17. The highest BCUT2D eigenvalue weighted by Crippen LogP contribution is 2.51. The third kappa shape index (κ3) is 4.67. The average molecular weight is 509 g/mol. The van der Waals surface area contributed by atoms with Crippen molar-refractivity contribution in [3.8, 4) is 34.1 Å². The Bertz CT molecular complexity index is 1220. The fourth-order valence-electron chi connectivity index (χ4n) is 5.19. The fourth-order valence-corrected chi connectivity index (χ4v) is 5.36. The number of rotatable bonds is 7. The molecule has 190 valence electrons. The second-order valence-electron chi connectivity index (χ2n) is 9.42. The normalized spacial score (nSPS) is 16.2. The summed E-state index contributed by atoms with van der Waals surface area (Å²) >= 11 is 6.34. The molecule has 0 spiro atoms. The minimum Gasteiger partial charge on any atom is -0.490 e. The Balaban J connectivity index is 1.25. The van der Waals surface area contributed by atoms with E-state index in [0.717, 1.165) is 54.4 Å². The Labute approximate surface area is 218 Å². The molecule has 3 aromatic rings. The van der Waals surface area contributed by atoms with Gasteiger partial charge in [-0.25, -0.2) is 0 Å². The molecule has 0 aromatic heterocycles. The maximum Gasteiger partial charge on any atom is 0.231 e. The van der Waals surface area contributed by atoms with E-state index in [0.29, 0.717) is 28.9 Å². The molecule has 0 amide bonds. The van der Waals surface area contributed by atoms with Crippen LogP contribution in [0, 0.1) is 6.92 Å². The summed E-state index contributed by atoms with van der Waals surface area (Å²) < 4.78 is 22.6. The maximum atomic E-state index is 6.34. The van der Waals surface area contributed by atoms with Crippen molar-refractivity contribution in [2.75, 3.05) is 58.6 Å². The molecule has 3 aliphatic rings. The van der Waals surface area contributed by atoms with Crippen molar-refractivity contribution in [3.63, 3.8) is 0 Å². The van der Waals surface area contributed by atoms with Gasteiger partial charge in [-0.1, -0.05) is 48.9 Å². The number of anilines is 1. The molecule has 1 unspecified atom stereocenters. The van der Waals surface area contributed by atoms with Crippen LogP contribution < -0.4 is 23.8 Å². The molecule has 6 rings (SSSR count). The van der Waals surface area contributed by atoms with E-state index in [2.05, 4.69) is 54.0 Å². The summed E-state index contributed by atoms with van der Waals surface area (Å²) in [4.78, 5) is 5.01. The number of piperazine rings is 1. The molecule has 0 aliphatic carbocycles. The molecule has 2 bridgehead atoms. The molecule has 1 atom stereocenters. The number of hydrogen-bond acceptors (Lipinski definition) is 6. The zero-order chi connectivity index (χ0) is 25.2. The van der Waals surface area contributed by atoms with Gasteiger partial charge in [0.1, 0.15) is 0 Å². The average Bonchev–Trinajstić information content (AvgIpc) is 3.22. The summed E-state index contributed by atoms with van der Waals surface area (Å²) in [7, 11) is 3.22. The first-order valence-electron chi connectivity index (χ1n) is 12.4. The van der Waals surface area contributed by atoms with E-state index in [1.54, 1.807) is 14.2 Å². The summed E-state index contributed by atoms with van der Waals surface area (Å²) in [6.45, 7) is 9.68. The van der Waals surface area contributed by atoms with Crippen LogP contribution in [-0.4, -0.2) is 58.6 Å². The third-order valence-electron chi connectivity index (χ3n) is 7.26. The van der Waals surface area contributed by atoms with Gasteiger partial charge in [0.15, 0.2) is 11.5 Å². The van der Waals surface area contributed by atoms with Crippen LogP contribution in [0.2, 0.25) is 5.02 Å². The van der Waals surface area contributed by atoms with Crippen molar-refractivity contribution < 1.29 is 18.9 Å². The van der Waals surface area contributed by atoms with Gasteiger partial charge in [-0.3, -0.25) is 4.90 Å². The number of ether oxygens (including phenoxy) is 4. The van der Waals surface area contributed by atoms with Crippen LogP contribution in [0.5, 0.6) is 23.0 Å². The van der Waals surface area contributed by atoms with E-state index in [1.165, 1.54) is 11.3 Å². The molecule has 1 fully saturated rings. The number of nitrogens with zero attached hydrogens (tertiary/aromatic N) is 2. The molecular formula is C29H33ClN2O4. The Morgan fingerprint density at radius 2 is 1.67 bits per heavy atom. The largest absolute Gasteiger partial charge is 0.490 e. The molecule has 6 nitrogen and oxygen atoms in total. The van der Waals surface area contributed by atoms with Crippen LogP contribution in [0.1, 0.15) is 24.0 Å². The van der Waals surface area contributed by atoms with E-state index in [9.17, 15) is 0 Å². The summed E-state index contributed by atoms with van der Waals surface area (Å²) in [5.74, 6) is 2.81. The Morgan fingerprint density at radius 1 is 0.944 bits per heavy atom. The first kappa shape index (κ1) is 24.6. The Hall–Kier alpha value is -3.09. The van der Waals surface area contributed by atoms with Gasteiger partial charge in [-0.2, -0.15) is 0 Å². The topological polar surface area (TPSA) is 43.4 Å². The van der Waals surface area contributed by atoms with Crippen molar-refractivity contribution in [3.05, 3.63) is 64.7 Å². The molecule has 0 N–H and O–H groups in total. The molecule has 3 aromatic carbocycles. The van der Waals surface area contributed by atoms with Gasteiger partial charge in [0.25, 0.3) is 0 Å². The van der Waals surface area contributed by atoms with Crippen LogP contribution in [0.3, 0.4) is 0 Å². The highest BCUT2D eigenvalue weighted by Gasteiger charge is 2.27. The smallest absolute Gasteiger partial charge is 0.231 e. The van der Waals surface area contributed by atoms with E-state index in [-0.39, 0.29) is 6.79 Å². The second-order valence-corrected chi connectivity index (χ2v) is 9.83. The van der Waals surface area contributed by atoms with Crippen LogP contribution in [0.15, 0.2) is 48.5 Å². The van der Waals surface area contributed by atoms with Gasteiger partial charge in [-0.15, -0.1) is 0 Å². The zero-order valence-corrected chi connectivity index (χ0v) is 22.1. The lowest BCUT2D eigenvalue weighted by molar-refractivity contribution is 0.124. The first-order valence-corrected chi connectivity index (χ1v) is 12.7. The van der Waals surface area contributed by atoms with Gasteiger partial charge in [0.05, 0.1) is 14.2 Å². The predicted molar refractivity (Wildman–Crippen MR) is 144 cm³/mol. The number of fused-ring (bicyclic) bond motifs is 4. The fraction of sp³-hybridized carbons (Fsp3) is 0.379. The molecule has 3 heterocycles. The monoisotopic (exact) mass is 508 g/mol. The second kappa shape index (κ2) is 10.5. The first-order chi connectivity index (χ1) is 17.5. The lowest BCUT2D eigenvalue weighted by atomic mass is 9.96. The summed E-state index contributed by atoms with van der Waals surface area (Å²) in [5, 5.41) is 0.837. The third-order valence-corrected chi connectivity index (χ3v) is 7.67. The van der Waals surface area contributed by atoms with Crippen molar-refractivity contribution in [1.29, 1.82) is 0 Å². The summed E-state index contributed by atoms with van der Waals surface area (Å²) in [5.41, 5.74) is 5.73. The zero-order valence-electron chi connectivity index (χ0n) is 21.3. The number of hydrogen-bond donors (Lipinski definition) is 0. The van der Waals surface area contributed by atoms with Crippen LogP contribution >= 0.6 is 11.6 Å². The molecule has 7 heteroatoms. The van der Waals surface area contributed by atoms with E-state index in [4.69, 9.17) is 30.5 Å². The van der Waals surface area contributed by atoms with Crippen LogP contribution in [0.4, 0.5) is 5.69 Å². The van der Waals surface area contributed by atoms with Gasteiger partial charge in [-0.05, 0) is 47.7 Å². The molecule has 36 heavy (non-hydrogen) atoms. The number of benzene rings is 3. The molecule has 1 saturated heterocycles.